The molecule has 0 aliphatic carbocycles. The van der Waals surface area contributed by atoms with Crippen LogP contribution in [0.5, 0.6) is 0 Å². The number of benzene rings is 2. The van der Waals surface area contributed by atoms with Gasteiger partial charge in [-0.3, -0.25) is 0 Å². The first kappa shape index (κ1) is 13.5. The van der Waals surface area contributed by atoms with Gasteiger partial charge in [-0.2, -0.15) is 0 Å². The Morgan fingerprint density at radius 1 is 0.565 bits per heavy atom. The molecule has 0 aliphatic rings. The van der Waals surface area contributed by atoms with Gasteiger partial charge in [-0.05, 0) is 36.4 Å². The fraction of sp³-hybridized carbons (Fsp3) is 0. The second kappa shape index (κ2) is 5.93. The summed E-state index contributed by atoms with van der Waals surface area (Å²) >= 11 is 0. The summed E-state index contributed by atoms with van der Waals surface area (Å²) in [5.74, 6) is 2.46. The maximum Gasteiger partial charge on any atom is 0.361 e. The van der Waals surface area contributed by atoms with Crippen LogP contribution in [0.15, 0.2) is 100 Å². The Labute approximate surface area is 134 Å². The Kier molecular flexibility index (Phi) is 3.49. The van der Waals surface area contributed by atoms with E-state index in [1.165, 1.54) is 0 Å². The molecule has 23 heavy (non-hydrogen) atoms. The molecule has 0 aliphatic heterocycles. The van der Waals surface area contributed by atoms with Crippen molar-refractivity contribution in [3.63, 3.8) is 0 Å². The fourth-order valence-electron chi connectivity index (χ4n) is 2.58. The zero-order chi connectivity index (χ0) is 15.5. The Morgan fingerprint density at radius 3 is 1.61 bits per heavy atom. The lowest BCUT2D eigenvalue weighted by atomic mass is 10.1. The van der Waals surface area contributed by atoms with Gasteiger partial charge in [-0.1, -0.05) is 36.4 Å². The minimum atomic E-state index is 0.818. The molecule has 0 N–H and O–H groups in total. The molecule has 2 aromatic carbocycles. The molecule has 4 rings (SSSR count). The molecule has 0 saturated carbocycles. The number of furan rings is 1. The summed E-state index contributed by atoms with van der Waals surface area (Å²) < 4.78 is 11.7. The predicted octanol–water partition coefficient (Wildman–Crippen LogP) is 6.15. The molecule has 2 heterocycles. The zero-order valence-corrected chi connectivity index (χ0v) is 12.5. The summed E-state index contributed by atoms with van der Waals surface area (Å²) in [7, 11) is 0. The Bertz CT molecular complexity index is 838. The van der Waals surface area contributed by atoms with Gasteiger partial charge in [0.05, 0.1) is 29.5 Å². The highest BCUT2D eigenvalue weighted by atomic mass is 16.3. The van der Waals surface area contributed by atoms with E-state index < -0.39 is 0 Å². The highest BCUT2D eigenvalue weighted by Crippen LogP contribution is 2.32. The molecule has 0 saturated heterocycles. The van der Waals surface area contributed by atoms with Crippen molar-refractivity contribution in [1.82, 2.24) is 0 Å². The molecule has 0 unspecified atom stereocenters. The molecule has 0 spiro atoms. The van der Waals surface area contributed by atoms with E-state index in [1.54, 1.807) is 6.26 Å². The summed E-state index contributed by atoms with van der Waals surface area (Å²) in [6.07, 6.45) is 1.68. The van der Waals surface area contributed by atoms with E-state index in [0.29, 0.717) is 0 Å². The van der Waals surface area contributed by atoms with Crippen molar-refractivity contribution in [2.24, 2.45) is 0 Å². The first-order chi connectivity index (χ1) is 11.4. The van der Waals surface area contributed by atoms with Crippen LogP contribution in [0.4, 0.5) is 0 Å². The van der Waals surface area contributed by atoms with Crippen LogP contribution in [0.25, 0.3) is 34.0 Å². The Morgan fingerprint density at radius 2 is 1.13 bits per heavy atom. The Hall–Kier alpha value is -3.13. The summed E-state index contributed by atoms with van der Waals surface area (Å²) in [6.45, 7) is 0. The van der Waals surface area contributed by atoms with Crippen molar-refractivity contribution >= 4 is 0 Å². The van der Waals surface area contributed by atoms with Crippen LogP contribution in [0.1, 0.15) is 0 Å². The molecular formula is C21H15O2+. The molecular weight excluding hydrogens is 284 g/mol. The monoisotopic (exact) mass is 299 g/mol. The highest BCUT2D eigenvalue weighted by molar-refractivity contribution is 5.72. The van der Waals surface area contributed by atoms with Crippen molar-refractivity contribution in [2.75, 3.05) is 0 Å². The smallest absolute Gasteiger partial charge is 0.361 e. The molecule has 110 valence electrons. The maximum absolute atomic E-state index is 6.15. The minimum Gasteiger partial charge on any atom is -0.464 e. The van der Waals surface area contributed by atoms with Crippen molar-refractivity contribution in [3.8, 4) is 34.0 Å². The van der Waals surface area contributed by atoms with Gasteiger partial charge in [-0.15, -0.1) is 0 Å². The van der Waals surface area contributed by atoms with Gasteiger partial charge in [0, 0.05) is 5.56 Å². The molecule has 0 amide bonds. The van der Waals surface area contributed by atoms with Gasteiger partial charge >= 0.3 is 11.5 Å². The number of hydrogen-bond acceptors (Lipinski definition) is 1. The van der Waals surface area contributed by atoms with Crippen LogP contribution in [-0.2, 0) is 0 Å². The van der Waals surface area contributed by atoms with E-state index in [-0.39, 0.29) is 0 Å². The molecule has 0 radical (unpaired) electrons. The summed E-state index contributed by atoms with van der Waals surface area (Å²) in [4.78, 5) is 0. The lowest BCUT2D eigenvalue weighted by Gasteiger charge is -1.99. The number of hydrogen-bond donors (Lipinski definition) is 0. The van der Waals surface area contributed by atoms with Gasteiger partial charge in [0.1, 0.15) is 5.76 Å². The fourth-order valence-corrected chi connectivity index (χ4v) is 2.58. The van der Waals surface area contributed by atoms with E-state index >= 15 is 0 Å². The summed E-state index contributed by atoms with van der Waals surface area (Å²) in [5.41, 5.74) is 3.08. The van der Waals surface area contributed by atoms with E-state index in [9.17, 15) is 0 Å². The van der Waals surface area contributed by atoms with E-state index in [1.807, 2.05) is 84.9 Å². The van der Waals surface area contributed by atoms with Gasteiger partial charge in [0.2, 0.25) is 0 Å². The second-order valence-corrected chi connectivity index (χ2v) is 5.28. The van der Waals surface area contributed by atoms with Crippen LogP contribution in [0.3, 0.4) is 0 Å². The first-order valence-electron chi connectivity index (χ1n) is 7.53. The third kappa shape index (κ3) is 2.79. The summed E-state index contributed by atoms with van der Waals surface area (Å²) in [6, 6.07) is 28.1. The lowest BCUT2D eigenvalue weighted by Crippen LogP contribution is -1.84. The average molecular weight is 299 g/mol. The minimum absolute atomic E-state index is 0.818. The van der Waals surface area contributed by atoms with E-state index in [0.717, 1.165) is 34.0 Å². The third-order valence-electron chi connectivity index (χ3n) is 3.72. The lowest BCUT2D eigenvalue weighted by molar-refractivity contribution is 0.570. The average Bonchev–Trinajstić information content (AvgIpc) is 3.18. The molecule has 4 aromatic rings. The molecule has 2 heteroatoms. The normalized spacial score (nSPS) is 10.6. The quantitative estimate of drug-likeness (QED) is 0.423. The van der Waals surface area contributed by atoms with Gasteiger partial charge in [0.15, 0.2) is 0 Å². The topological polar surface area (TPSA) is 24.4 Å². The number of rotatable bonds is 3. The molecule has 0 atom stereocenters. The zero-order valence-electron chi connectivity index (χ0n) is 12.5. The van der Waals surface area contributed by atoms with Crippen LogP contribution in [-0.4, -0.2) is 0 Å². The van der Waals surface area contributed by atoms with Gasteiger partial charge < -0.3 is 4.42 Å². The van der Waals surface area contributed by atoms with E-state index in [2.05, 4.69) is 0 Å². The van der Waals surface area contributed by atoms with Gasteiger partial charge in [0.25, 0.3) is 0 Å². The second-order valence-electron chi connectivity index (χ2n) is 5.28. The molecule has 0 bridgehead atoms. The predicted molar refractivity (Wildman–Crippen MR) is 91.7 cm³/mol. The van der Waals surface area contributed by atoms with Crippen LogP contribution < -0.4 is 0 Å². The van der Waals surface area contributed by atoms with Crippen molar-refractivity contribution in [3.05, 3.63) is 91.2 Å². The summed E-state index contributed by atoms with van der Waals surface area (Å²) in [5, 5.41) is 0. The van der Waals surface area contributed by atoms with Gasteiger partial charge in [-0.25, -0.2) is 4.42 Å². The van der Waals surface area contributed by atoms with Crippen LogP contribution in [0.2, 0.25) is 0 Å². The maximum atomic E-state index is 6.15. The first-order valence-corrected chi connectivity index (χ1v) is 7.53. The standard InChI is InChI=1S/C21H15O2/c1-3-8-16(9-4-1)20-14-18(19-12-7-13-22-19)15-21(23-20)17-10-5-2-6-11-17/h1-15H/q+1. The van der Waals surface area contributed by atoms with Crippen molar-refractivity contribution in [1.29, 1.82) is 0 Å². The third-order valence-corrected chi connectivity index (χ3v) is 3.72. The SMILES string of the molecule is c1ccc(-c2cc(-c3ccco3)cc(-c3ccccc3)[o+]2)cc1. The molecule has 2 aromatic heterocycles. The Balaban J connectivity index is 1.91. The van der Waals surface area contributed by atoms with Crippen LogP contribution >= 0.6 is 0 Å². The highest BCUT2D eigenvalue weighted by Gasteiger charge is 2.21. The van der Waals surface area contributed by atoms with Crippen molar-refractivity contribution < 1.29 is 8.83 Å². The van der Waals surface area contributed by atoms with Crippen molar-refractivity contribution in [2.45, 2.75) is 0 Å². The largest absolute Gasteiger partial charge is 0.464 e. The molecule has 2 nitrogen and oxygen atoms in total. The molecule has 0 fully saturated rings. The van der Waals surface area contributed by atoms with Crippen LogP contribution in [0, 0.1) is 0 Å². The van der Waals surface area contributed by atoms with E-state index in [4.69, 9.17) is 8.83 Å².